The number of ether oxygens (including phenoxy) is 1. The highest BCUT2D eigenvalue weighted by atomic mass is 16.5. The Hall–Kier alpha value is -3.03. The highest BCUT2D eigenvalue weighted by Gasteiger charge is 2.45. The minimum atomic E-state index is -1.36. The summed E-state index contributed by atoms with van der Waals surface area (Å²) in [5.74, 6) is -0.898. The molecule has 1 aromatic carbocycles. The van der Waals surface area contributed by atoms with Crippen LogP contribution < -0.4 is 10.4 Å². The van der Waals surface area contributed by atoms with Crippen molar-refractivity contribution in [3.8, 4) is 5.75 Å². The number of imidazole rings is 1. The Balaban J connectivity index is 1.72. The third-order valence-corrected chi connectivity index (χ3v) is 4.41. The number of benzene rings is 1. The number of aryl methyl sites for hydroxylation is 1. The van der Waals surface area contributed by atoms with Gasteiger partial charge in [0.05, 0.1) is 0 Å². The number of amides is 1. The van der Waals surface area contributed by atoms with Gasteiger partial charge in [-0.1, -0.05) is 17.7 Å². The van der Waals surface area contributed by atoms with Crippen molar-refractivity contribution in [2.75, 3.05) is 13.1 Å². The zero-order valence-electron chi connectivity index (χ0n) is 13.7. The van der Waals surface area contributed by atoms with Gasteiger partial charge in [0.2, 0.25) is 5.60 Å². The first kappa shape index (κ1) is 16.8. The van der Waals surface area contributed by atoms with Crippen molar-refractivity contribution in [2.45, 2.75) is 25.4 Å². The molecule has 0 saturated carbocycles. The third-order valence-electron chi connectivity index (χ3n) is 4.41. The van der Waals surface area contributed by atoms with Gasteiger partial charge in [0.25, 0.3) is 5.91 Å². The summed E-state index contributed by atoms with van der Waals surface area (Å²) in [7, 11) is 0. The highest BCUT2D eigenvalue weighted by molar-refractivity contribution is 5.92. The molecule has 3 rings (SSSR count). The van der Waals surface area contributed by atoms with Crippen LogP contribution in [0.25, 0.3) is 0 Å². The summed E-state index contributed by atoms with van der Waals surface area (Å²) >= 11 is 0. The predicted octanol–water partition coefficient (Wildman–Crippen LogP) is 1.15. The number of rotatable bonds is 4. The van der Waals surface area contributed by atoms with Crippen molar-refractivity contribution in [3.63, 3.8) is 0 Å². The van der Waals surface area contributed by atoms with Crippen molar-refractivity contribution in [2.24, 2.45) is 0 Å². The van der Waals surface area contributed by atoms with Crippen LogP contribution in [0, 0.1) is 6.92 Å². The molecule has 0 unspecified atom stereocenters. The molecule has 132 valence electrons. The molecule has 1 aromatic heterocycles. The van der Waals surface area contributed by atoms with E-state index in [-0.39, 0.29) is 37.5 Å². The average molecular weight is 345 g/mol. The Bertz CT molecular complexity index is 828. The molecule has 1 amide bonds. The number of likely N-dealkylation sites (tertiary alicyclic amines) is 1. The number of carboxylic acids is 1. The predicted molar refractivity (Wildman–Crippen MR) is 88.7 cm³/mol. The maximum Gasteiger partial charge on any atom is 0.348 e. The summed E-state index contributed by atoms with van der Waals surface area (Å²) in [4.78, 5) is 41.6. The van der Waals surface area contributed by atoms with Gasteiger partial charge in [-0.25, -0.2) is 9.59 Å². The van der Waals surface area contributed by atoms with E-state index in [1.807, 2.05) is 19.1 Å². The number of aromatic nitrogens is 2. The van der Waals surface area contributed by atoms with Gasteiger partial charge in [-0.15, -0.1) is 0 Å². The molecule has 2 heterocycles. The molecule has 3 N–H and O–H groups in total. The Morgan fingerprint density at radius 1 is 1.20 bits per heavy atom. The topological polar surface area (TPSA) is 115 Å². The lowest BCUT2D eigenvalue weighted by atomic mass is 9.91. The second kappa shape index (κ2) is 6.46. The van der Waals surface area contributed by atoms with Crippen LogP contribution in [0.15, 0.2) is 35.3 Å². The van der Waals surface area contributed by atoms with Crippen LogP contribution in [-0.2, 0) is 4.79 Å². The van der Waals surface area contributed by atoms with Crippen LogP contribution in [0.2, 0.25) is 0 Å². The van der Waals surface area contributed by atoms with Crippen LogP contribution in [0.3, 0.4) is 0 Å². The van der Waals surface area contributed by atoms with Gasteiger partial charge in [0, 0.05) is 32.1 Å². The zero-order valence-corrected chi connectivity index (χ0v) is 13.7. The molecule has 0 bridgehead atoms. The summed E-state index contributed by atoms with van der Waals surface area (Å²) in [6, 6.07) is 7.18. The van der Waals surface area contributed by atoms with Crippen molar-refractivity contribution in [1.29, 1.82) is 0 Å². The summed E-state index contributed by atoms with van der Waals surface area (Å²) in [6.07, 6.45) is 1.64. The van der Waals surface area contributed by atoms with E-state index >= 15 is 0 Å². The van der Waals surface area contributed by atoms with Crippen LogP contribution in [0.4, 0.5) is 0 Å². The molecule has 0 aliphatic carbocycles. The van der Waals surface area contributed by atoms with Gasteiger partial charge in [0.1, 0.15) is 11.4 Å². The average Bonchev–Trinajstić information content (AvgIpc) is 3.03. The Morgan fingerprint density at radius 2 is 1.84 bits per heavy atom. The number of hydrogen-bond donors (Lipinski definition) is 3. The first-order chi connectivity index (χ1) is 11.9. The van der Waals surface area contributed by atoms with Gasteiger partial charge in [0.15, 0.2) is 0 Å². The molecule has 0 spiro atoms. The lowest BCUT2D eigenvalue weighted by molar-refractivity contribution is -0.159. The van der Waals surface area contributed by atoms with Gasteiger partial charge in [-0.05, 0) is 19.1 Å². The standard InChI is InChI=1S/C17H19N3O5/c1-11-2-4-12(5-3-11)25-17(15(22)23)6-8-20(9-7-17)14(21)13-10-18-16(24)19-13/h2-5,10H,6-9H2,1H3,(H,22,23)(H2,18,19,24). The maximum absolute atomic E-state index is 12.3. The number of carbonyl (C=O) groups is 2. The van der Waals surface area contributed by atoms with E-state index in [2.05, 4.69) is 9.97 Å². The Morgan fingerprint density at radius 3 is 2.36 bits per heavy atom. The fourth-order valence-electron chi connectivity index (χ4n) is 2.88. The third kappa shape index (κ3) is 3.42. The van der Waals surface area contributed by atoms with E-state index in [1.54, 1.807) is 12.1 Å². The molecule has 1 aliphatic rings. The van der Waals surface area contributed by atoms with Crippen LogP contribution >= 0.6 is 0 Å². The molecule has 8 heteroatoms. The number of H-pyrrole nitrogens is 2. The van der Waals surface area contributed by atoms with E-state index in [4.69, 9.17) is 4.74 Å². The van der Waals surface area contributed by atoms with Gasteiger partial charge >= 0.3 is 11.7 Å². The normalized spacial score (nSPS) is 16.4. The SMILES string of the molecule is Cc1ccc(OC2(C(=O)O)CCN(C(=O)c3c[nH]c(=O)[nH]3)CC2)cc1. The minimum Gasteiger partial charge on any atom is -0.478 e. The summed E-state index contributed by atoms with van der Waals surface area (Å²) in [6.45, 7) is 2.39. The maximum atomic E-state index is 12.3. The van der Waals surface area contributed by atoms with Gasteiger partial charge in [-0.3, -0.25) is 4.79 Å². The number of nitrogens with one attached hydrogen (secondary N) is 2. The molecule has 1 fully saturated rings. The fraction of sp³-hybridized carbons (Fsp3) is 0.353. The Labute approximate surface area is 143 Å². The molecule has 1 saturated heterocycles. The van der Waals surface area contributed by atoms with Crippen molar-refractivity contribution >= 4 is 11.9 Å². The van der Waals surface area contributed by atoms with Crippen LogP contribution in [0.1, 0.15) is 28.9 Å². The molecule has 0 atom stereocenters. The molecule has 0 radical (unpaired) electrons. The number of carbonyl (C=O) groups excluding carboxylic acids is 1. The summed E-state index contributed by atoms with van der Waals surface area (Å²) in [5, 5.41) is 9.67. The number of aliphatic carboxylic acids is 1. The molecule has 25 heavy (non-hydrogen) atoms. The van der Waals surface area contributed by atoms with Gasteiger partial charge < -0.3 is 24.7 Å². The lowest BCUT2D eigenvalue weighted by Gasteiger charge is -2.38. The molecule has 1 aliphatic heterocycles. The van der Waals surface area contributed by atoms with E-state index in [1.165, 1.54) is 11.1 Å². The molecule has 8 nitrogen and oxygen atoms in total. The molecular weight excluding hydrogens is 326 g/mol. The highest BCUT2D eigenvalue weighted by Crippen LogP contribution is 2.30. The first-order valence-corrected chi connectivity index (χ1v) is 7.96. The van der Waals surface area contributed by atoms with Crippen LogP contribution in [-0.4, -0.2) is 50.5 Å². The van der Waals surface area contributed by atoms with Crippen molar-refractivity contribution in [3.05, 3.63) is 52.2 Å². The molecular formula is C17H19N3O5. The van der Waals surface area contributed by atoms with E-state index < -0.39 is 17.3 Å². The minimum absolute atomic E-state index is 0.160. The lowest BCUT2D eigenvalue weighted by Crippen LogP contribution is -2.54. The number of hydrogen-bond acceptors (Lipinski definition) is 4. The quantitative estimate of drug-likeness (QED) is 0.769. The molecule has 2 aromatic rings. The summed E-state index contributed by atoms with van der Waals surface area (Å²) < 4.78 is 5.80. The first-order valence-electron chi connectivity index (χ1n) is 7.96. The number of aromatic amines is 2. The number of piperidine rings is 1. The largest absolute Gasteiger partial charge is 0.478 e. The van der Waals surface area contributed by atoms with Crippen molar-refractivity contribution in [1.82, 2.24) is 14.9 Å². The number of carboxylic acid groups (broad SMARTS) is 1. The van der Waals surface area contributed by atoms with Crippen molar-refractivity contribution < 1.29 is 19.4 Å². The van der Waals surface area contributed by atoms with Crippen LogP contribution in [0.5, 0.6) is 5.75 Å². The zero-order chi connectivity index (χ0) is 18.0. The fourth-order valence-corrected chi connectivity index (χ4v) is 2.88. The monoisotopic (exact) mass is 345 g/mol. The smallest absolute Gasteiger partial charge is 0.348 e. The van der Waals surface area contributed by atoms with Gasteiger partial charge in [-0.2, -0.15) is 0 Å². The number of nitrogens with zero attached hydrogens (tertiary/aromatic N) is 1. The van der Waals surface area contributed by atoms with E-state index in [0.29, 0.717) is 5.75 Å². The Kier molecular flexibility index (Phi) is 4.35. The second-order valence-corrected chi connectivity index (χ2v) is 6.16. The second-order valence-electron chi connectivity index (χ2n) is 6.16. The summed E-state index contributed by atoms with van der Waals surface area (Å²) in [5.41, 5.74) is -0.606. The van der Waals surface area contributed by atoms with E-state index in [0.717, 1.165) is 5.56 Å². The van der Waals surface area contributed by atoms with E-state index in [9.17, 15) is 19.5 Å².